The Morgan fingerprint density at radius 2 is 2.17 bits per heavy atom. The first-order valence-electron chi connectivity index (χ1n) is 5.68. The molecule has 0 aromatic carbocycles. The van der Waals surface area contributed by atoms with E-state index >= 15 is 0 Å². The van der Waals surface area contributed by atoms with Crippen LogP contribution in [0.25, 0.3) is 0 Å². The minimum Gasteiger partial charge on any atom is -0.506 e. The molecule has 0 spiro atoms. The summed E-state index contributed by atoms with van der Waals surface area (Å²) in [6, 6.07) is 0.980. The summed E-state index contributed by atoms with van der Waals surface area (Å²) in [5.41, 5.74) is 0.271. The molecule has 6 heteroatoms. The van der Waals surface area contributed by atoms with E-state index in [1.807, 2.05) is 0 Å². The van der Waals surface area contributed by atoms with Crippen molar-refractivity contribution in [1.82, 2.24) is 9.88 Å². The van der Waals surface area contributed by atoms with Crippen molar-refractivity contribution in [3.05, 3.63) is 24.0 Å². The number of rotatable bonds is 2. The van der Waals surface area contributed by atoms with E-state index in [0.717, 1.165) is 0 Å². The molecule has 2 atom stereocenters. The predicted molar refractivity (Wildman–Crippen MR) is 62.1 cm³/mol. The Morgan fingerprint density at radius 1 is 1.44 bits per heavy atom. The molecule has 0 saturated carbocycles. The smallest absolute Gasteiger partial charge is 0.308 e. The lowest BCUT2D eigenvalue weighted by atomic mass is 10.0. The number of hydrogen-bond donors (Lipinski definition) is 2. The molecule has 18 heavy (non-hydrogen) atoms. The Labute approximate surface area is 104 Å². The molecule has 1 aliphatic rings. The van der Waals surface area contributed by atoms with E-state index in [9.17, 15) is 14.7 Å². The van der Waals surface area contributed by atoms with Gasteiger partial charge in [0.2, 0.25) is 0 Å². The number of likely N-dealkylation sites (tertiary alicyclic amines) is 1. The average molecular weight is 250 g/mol. The Kier molecular flexibility index (Phi) is 3.18. The monoisotopic (exact) mass is 250 g/mol. The van der Waals surface area contributed by atoms with Crippen molar-refractivity contribution in [1.29, 1.82) is 0 Å². The van der Waals surface area contributed by atoms with Gasteiger partial charge in [-0.1, -0.05) is 0 Å². The molecule has 0 aliphatic carbocycles. The molecule has 2 N–H and O–H groups in total. The van der Waals surface area contributed by atoms with Gasteiger partial charge in [0.05, 0.1) is 17.7 Å². The van der Waals surface area contributed by atoms with Crippen LogP contribution in [0.15, 0.2) is 18.5 Å². The molecule has 0 radical (unpaired) electrons. The summed E-state index contributed by atoms with van der Waals surface area (Å²) in [5, 5.41) is 18.3. The molecule has 2 unspecified atom stereocenters. The van der Waals surface area contributed by atoms with Gasteiger partial charge in [0.15, 0.2) is 0 Å². The third kappa shape index (κ3) is 2.13. The molecule has 1 aliphatic heterocycles. The predicted octanol–water partition coefficient (Wildman–Crippen LogP) is 0.722. The van der Waals surface area contributed by atoms with Crippen LogP contribution in [0.3, 0.4) is 0 Å². The third-order valence-electron chi connectivity index (χ3n) is 3.30. The van der Waals surface area contributed by atoms with E-state index in [-0.39, 0.29) is 23.3 Å². The molecule has 6 nitrogen and oxygen atoms in total. The van der Waals surface area contributed by atoms with Crippen molar-refractivity contribution in [3.63, 3.8) is 0 Å². The fourth-order valence-corrected chi connectivity index (χ4v) is 2.27. The number of carboxylic acids is 1. The Balaban J connectivity index is 2.18. The standard InChI is InChI=1S/C12H14N2O4/c1-7-10(12(17)18)2-3-14(7)11(16)8-4-9(15)6-13-5-8/h4-7,10,15H,2-3H2,1H3,(H,17,18). The fraction of sp³-hybridized carbons (Fsp3) is 0.417. The van der Waals surface area contributed by atoms with Gasteiger partial charge in [0.25, 0.3) is 5.91 Å². The number of carboxylic acid groups (broad SMARTS) is 1. The van der Waals surface area contributed by atoms with Gasteiger partial charge in [-0.25, -0.2) is 0 Å². The van der Waals surface area contributed by atoms with Crippen molar-refractivity contribution >= 4 is 11.9 Å². The van der Waals surface area contributed by atoms with E-state index < -0.39 is 11.9 Å². The molecular formula is C12H14N2O4. The number of aromatic hydroxyl groups is 1. The Morgan fingerprint density at radius 3 is 2.72 bits per heavy atom. The summed E-state index contributed by atoms with van der Waals surface area (Å²) in [6.07, 6.45) is 3.06. The third-order valence-corrected chi connectivity index (χ3v) is 3.30. The van der Waals surface area contributed by atoms with E-state index in [2.05, 4.69) is 4.98 Å². The van der Waals surface area contributed by atoms with Gasteiger partial charge in [0, 0.05) is 18.8 Å². The van der Waals surface area contributed by atoms with Crippen molar-refractivity contribution < 1.29 is 19.8 Å². The van der Waals surface area contributed by atoms with Gasteiger partial charge >= 0.3 is 5.97 Å². The summed E-state index contributed by atoms with van der Waals surface area (Å²) >= 11 is 0. The maximum atomic E-state index is 12.2. The van der Waals surface area contributed by atoms with Gasteiger partial charge in [-0.15, -0.1) is 0 Å². The van der Waals surface area contributed by atoms with Crippen LogP contribution in [0, 0.1) is 5.92 Å². The van der Waals surface area contributed by atoms with Crippen LogP contribution in [-0.4, -0.2) is 44.6 Å². The molecule has 1 fully saturated rings. The van der Waals surface area contributed by atoms with Crippen LogP contribution in [0.5, 0.6) is 5.75 Å². The summed E-state index contributed by atoms with van der Waals surface area (Å²) < 4.78 is 0. The average Bonchev–Trinajstić information content (AvgIpc) is 2.70. The number of nitrogens with zero attached hydrogens (tertiary/aromatic N) is 2. The van der Waals surface area contributed by atoms with E-state index in [1.54, 1.807) is 6.92 Å². The summed E-state index contributed by atoms with van der Waals surface area (Å²) in [6.45, 7) is 2.13. The van der Waals surface area contributed by atoms with Crippen LogP contribution in [0.4, 0.5) is 0 Å². The molecule has 1 amide bonds. The van der Waals surface area contributed by atoms with E-state index in [0.29, 0.717) is 13.0 Å². The molecule has 0 bridgehead atoms. The second kappa shape index (κ2) is 4.64. The number of amides is 1. The number of carbonyl (C=O) groups is 2. The number of pyridine rings is 1. The van der Waals surface area contributed by atoms with Gasteiger partial charge < -0.3 is 15.1 Å². The van der Waals surface area contributed by atoms with Crippen molar-refractivity contribution in [2.45, 2.75) is 19.4 Å². The minimum atomic E-state index is -0.883. The molecular weight excluding hydrogens is 236 g/mol. The minimum absolute atomic E-state index is 0.0810. The quantitative estimate of drug-likeness (QED) is 0.807. The van der Waals surface area contributed by atoms with Crippen LogP contribution >= 0.6 is 0 Å². The second-order valence-corrected chi connectivity index (χ2v) is 4.40. The highest BCUT2D eigenvalue weighted by Crippen LogP contribution is 2.26. The lowest BCUT2D eigenvalue weighted by Gasteiger charge is -2.23. The number of carbonyl (C=O) groups excluding carboxylic acids is 1. The van der Waals surface area contributed by atoms with Crippen molar-refractivity contribution in [3.8, 4) is 5.75 Å². The highest BCUT2D eigenvalue weighted by molar-refractivity contribution is 5.95. The summed E-state index contributed by atoms with van der Waals surface area (Å²) in [4.78, 5) is 28.4. The Hall–Kier alpha value is -2.11. The molecule has 96 valence electrons. The maximum Gasteiger partial charge on any atom is 0.308 e. The second-order valence-electron chi connectivity index (χ2n) is 4.40. The zero-order chi connectivity index (χ0) is 13.3. The Bertz CT molecular complexity index is 489. The largest absolute Gasteiger partial charge is 0.506 e. The topological polar surface area (TPSA) is 90.7 Å². The molecule has 1 aromatic heterocycles. The molecule has 2 heterocycles. The van der Waals surface area contributed by atoms with Crippen LogP contribution < -0.4 is 0 Å². The van der Waals surface area contributed by atoms with E-state index in [4.69, 9.17) is 5.11 Å². The van der Waals surface area contributed by atoms with E-state index in [1.165, 1.54) is 23.4 Å². The van der Waals surface area contributed by atoms with Crippen LogP contribution in [0.2, 0.25) is 0 Å². The highest BCUT2D eigenvalue weighted by atomic mass is 16.4. The first-order chi connectivity index (χ1) is 8.50. The number of aliphatic carboxylic acids is 1. The molecule has 2 rings (SSSR count). The molecule has 1 saturated heterocycles. The van der Waals surface area contributed by atoms with Crippen LogP contribution in [-0.2, 0) is 4.79 Å². The van der Waals surface area contributed by atoms with Gasteiger partial charge in [-0.3, -0.25) is 14.6 Å². The fourth-order valence-electron chi connectivity index (χ4n) is 2.27. The zero-order valence-corrected chi connectivity index (χ0v) is 9.91. The van der Waals surface area contributed by atoms with Gasteiger partial charge in [-0.2, -0.15) is 0 Å². The summed E-state index contributed by atoms with van der Waals surface area (Å²) in [5.74, 6) is -1.79. The van der Waals surface area contributed by atoms with Crippen molar-refractivity contribution in [2.75, 3.05) is 6.54 Å². The first-order valence-corrected chi connectivity index (χ1v) is 5.68. The molecule has 1 aromatic rings. The number of aromatic nitrogens is 1. The van der Waals surface area contributed by atoms with Gasteiger partial charge in [-0.05, 0) is 19.4 Å². The normalized spacial score (nSPS) is 23.1. The van der Waals surface area contributed by atoms with Crippen LogP contribution in [0.1, 0.15) is 23.7 Å². The lowest BCUT2D eigenvalue weighted by molar-refractivity contribution is -0.142. The van der Waals surface area contributed by atoms with Crippen molar-refractivity contribution in [2.24, 2.45) is 5.92 Å². The maximum absolute atomic E-state index is 12.2. The van der Waals surface area contributed by atoms with Gasteiger partial charge in [0.1, 0.15) is 5.75 Å². The zero-order valence-electron chi connectivity index (χ0n) is 9.91. The SMILES string of the molecule is CC1C(C(=O)O)CCN1C(=O)c1cncc(O)c1. The highest BCUT2D eigenvalue weighted by Gasteiger charge is 2.38. The summed E-state index contributed by atoms with van der Waals surface area (Å²) in [7, 11) is 0. The number of hydrogen-bond acceptors (Lipinski definition) is 4. The lowest BCUT2D eigenvalue weighted by Crippen LogP contribution is -2.37. The first kappa shape index (κ1) is 12.3.